The highest BCUT2D eigenvalue weighted by atomic mass is 19.1. The molecule has 6 nitrogen and oxygen atoms in total. The predicted octanol–water partition coefficient (Wildman–Crippen LogP) is 3.38. The Morgan fingerprint density at radius 2 is 1.92 bits per heavy atom. The first kappa shape index (κ1) is 16.6. The minimum Gasteiger partial charge on any atom is -0.494 e. The van der Waals surface area contributed by atoms with Gasteiger partial charge in [-0.15, -0.1) is 0 Å². The number of methoxy groups -OCH3 is 1. The first-order valence-corrected chi connectivity index (χ1v) is 7.16. The van der Waals surface area contributed by atoms with Gasteiger partial charge in [-0.2, -0.15) is 4.98 Å². The Balaban J connectivity index is 1.65. The summed E-state index contributed by atoms with van der Waals surface area (Å²) >= 11 is 0. The molecule has 0 saturated heterocycles. The van der Waals surface area contributed by atoms with E-state index in [2.05, 4.69) is 10.1 Å². The first-order chi connectivity index (χ1) is 12.1. The first-order valence-electron chi connectivity index (χ1n) is 7.16. The fourth-order valence-corrected chi connectivity index (χ4v) is 2.03. The largest absolute Gasteiger partial charge is 0.494 e. The Kier molecular flexibility index (Phi) is 4.69. The molecule has 0 aliphatic carbocycles. The van der Waals surface area contributed by atoms with E-state index in [0.29, 0.717) is 5.56 Å². The van der Waals surface area contributed by atoms with Gasteiger partial charge in [0.05, 0.1) is 12.7 Å². The van der Waals surface area contributed by atoms with Gasteiger partial charge in [-0.3, -0.25) is 0 Å². The Morgan fingerprint density at radius 3 is 2.60 bits per heavy atom. The fourth-order valence-electron chi connectivity index (χ4n) is 2.03. The molecule has 0 spiro atoms. The maximum Gasteiger partial charge on any atom is 0.338 e. The summed E-state index contributed by atoms with van der Waals surface area (Å²) in [4.78, 5) is 16.0. The lowest BCUT2D eigenvalue weighted by molar-refractivity contribution is 0.0429. The Bertz CT molecular complexity index is 894. The number of halogens is 2. The number of ether oxygens (including phenoxy) is 2. The van der Waals surface area contributed by atoms with Gasteiger partial charge < -0.3 is 14.0 Å². The van der Waals surface area contributed by atoms with Gasteiger partial charge in [0, 0.05) is 5.56 Å². The number of benzene rings is 2. The molecule has 0 amide bonds. The van der Waals surface area contributed by atoms with Crippen molar-refractivity contribution in [2.75, 3.05) is 7.11 Å². The summed E-state index contributed by atoms with van der Waals surface area (Å²) in [6.45, 7) is -0.277. The summed E-state index contributed by atoms with van der Waals surface area (Å²) in [5.41, 5.74) is 0.580. The zero-order valence-electron chi connectivity index (χ0n) is 13.0. The number of nitrogens with zero attached hydrogens (tertiary/aromatic N) is 2. The molecule has 1 heterocycles. The smallest absolute Gasteiger partial charge is 0.338 e. The topological polar surface area (TPSA) is 74.5 Å². The number of aromatic nitrogens is 2. The van der Waals surface area contributed by atoms with Gasteiger partial charge in [0.2, 0.25) is 5.82 Å². The number of carbonyl (C=O) groups is 1. The van der Waals surface area contributed by atoms with Crippen LogP contribution in [-0.2, 0) is 11.3 Å². The van der Waals surface area contributed by atoms with Crippen LogP contribution >= 0.6 is 0 Å². The molecule has 1 aromatic heterocycles. The lowest BCUT2D eigenvalue weighted by atomic mass is 10.2. The number of carbonyl (C=O) groups excluding carboxylic acids is 1. The highest BCUT2D eigenvalue weighted by Crippen LogP contribution is 2.19. The average molecular weight is 346 g/mol. The van der Waals surface area contributed by atoms with E-state index in [1.807, 2.05) is 0 Å². The third-order valence-electron chi connectivity index (χ3n) is 3.28. The minimum absolute atomic E-state index is 0.0246. The van der Waals surface area contributed by atoms with E-state index >= 15 is 0 Å². The van der Waals surface area contributed by atoms with Crippen molar-refractivity contribution < 1.29 is 27.6 Å². The Hall–Kier alpha value is -3.29. The monoisotopic (exact) mass is 346 g/mol. The second-order valence-corrected chi connectivity index (χ2v) is 4.94. The summed E-state index contributed by atoms with van der Waals surface area (Å²) in [5.74, 6) is -1.48. The predicted molar refractivity (Wildman–Crippen MR) is 81.8 cm³/mol. The zero-order valence-corrected chi connectivity index (χ0v) is 13.0. The van der Waals surface area contributed by atoms with Crippen LogP contribution in [0, 0.1) is 11.6 Å². The van der Waals surface area contributed by atoms with Crippen molar-refractivity contribution in [2.45, 2.75) is 6.61 Å². The van der Waals surface area contributed by atoms with Gasteiger partial charge >= 0.3 is 5.97 Å². The average Bonchev–Trinajstić information content (AvgIpc) is 3.09. The van der Waals surface area contributed by atoms with Crippen LogP contribution in [0.4, 0.5) is 8.78 Å². The highest BCUT2D eigenvalue weighted by Gasteiger charge is 2.14. The number of rotatable bonds is 5. The van der Waals surface area contributed by atoms with E-state index in [4.69, 9.17) is 14.0 Å². The van der Waals surface area contributed by atoms with Crippen LogP contribution < -0.4 is 4.74 Å². The van der Waals surface area contributed by atoms with Gasteiger partial charge in [0.25, 0.3) is 5.89 Å². The molecule has 3 aromatic rings. The van der Waals surface area contributed by atoms with Gasteiger partial charge in [0.15, 0.2) is 18.2 Å². The third-order valence-corrected chi connectivity index (χ3v) is 3.28. The van der Waals surface area contributed by atoms with Crippen molar-refractivity contribution in [1.82, 2.24) is 10.1 Å². The quantitative estimate of drug-likeness (QED) is 0.659. The van der Waals surface area contributed by atoms with Crippen LogP contribution in [-0.4, -0.2) is 23.2 Å². The molecular weight excluding hydrogens is 334 g/mol. The van der Waals surface area contributed by atoms with Gasteiger partial charge in [0.1, 0.15) is 5.82 Å². The number of hydrogen-bond donors (Lipinski definition) is 0. The normalized spacial score (nSPS) is 10.5. The second kappa shape index (κ2) is 7.08. The van der Waals surface area contributed by atoms with E-state index in [-0.39, 0.29) is 35.5 Å². The van der Waals surface area contributed by atoms with Crippen molar-refractivity contribution >= 4 is 5.97 Å². The highest BCUT2D eigenvalue weighted by molar-refractivity contribution is 5.89. The molecule has 0 aliphatic rings. The third kappa shape index (κ3) is 3.79. The lowest BCUT2D eigenvalue weighted by Crippen LogP contribution is -2.06. The Labute approximate surface area is 141 Å². The van der Waals surface area contributed by atoms with Gasteiger partial charge in [-0.1, -0.05) is 5.16 Å². The molecule has 0 atom stereocenters. The van der Waals surface area contributed by atoms with E-state index in [9.17, 15) is 13.6 Å². The fraction of sp³-hybridized carbons (Fsp3) is 0.118. The summed E-state index contributed by atoms with van der Waals surface area (Å²) in [5, 5.41) is 3.73. The van der Waals surface area contributed by atoms with Crippen molar-refractivity contribution in [3.05, 3.63) is 65.6 Å². The summed E-state index contributed by atoms with van der Waals surface area (Å²) in [7, 11) is 1.32. The van der Waals surface area contributed by atoms with E-state index < -0.39 is 11.8 Å². The molecule has 0 aliphatic heterocycles. The van der Waals surface area contributed by atoms with E-state index in [1.165, 1.54) is 43.5 Å². The molecule has 2 aromatic carbocycles. The number of hydrogen-bond acceptors (Lipinski definition) is 6. The van der Waals surface area contributed by atoms with E-state index in [0.717, 1.165) is 6.07 Å². The molecular formula is C17H12F2N2O4. The summed E-state index contributed by atoms with van der Waals surface area (Å²) < 4.78 is 41.2. The molecule has 0 saturated carbocycles. The van der Waals surface area contributed by atoms with Crippen molar-refractivity contribution in [3.63, 3.8) is 0 Å². The molecule has 0 fully saturated rings. The van der Waals surface area contributed by atoms with Crippen molar-refractivity contribution in [3.8, 4) is 17.1 Å². The molecule has 0 radical (unpaired) electrons. The van der Waals surface area contributed by atoms with Crippen LogP contribution in [0.25, 0.3) is 11.4 Å². The SMILES string of the molecule is COc1ccc(C(=O)OCc2nc(-c3ccc(F)cc3)no2)cc1F. The van der Waals surface area contributed by atoms with Crippen LogP contribution in [0.15, 0.2) is 47.0 Å². The van der Waals surface area contributed by atoms with Crippen LogP contribution in [0.5, 0.6) is 5.75 Å². The molecule has 0 unspecified atom stereocenters. The summed E-state index contributed by atoms with van der Waals surface area (Å²) in [6, 6.07) is 9.24. The standard InChI is InChI=1S/C17H12F2N2O4/c1-23-14-7-4-11(8-13(14)19)17(22)24-9-15-20-16(21-25-15)10-2-5-12(18)6-3-10/h2-8H,9H2,1H3. The zero-order chi connectivity index (χ0) is 17.8. The van der Waals surface area contributed by atoms with Crippen molar-refractivity contribution in [1.29, 1.82) is 0 Å². The Morgan fingerprint density at radius 1 is 1.16 bits per heavy atom. The van der Waals surface area contributed by atoms with Gasteiger partial charge in [-0.05, 0) is 42.5 Å². The molecule has 8 heteroatoms. The van der Waals surface area contributed by atoms with Crippen LogP contribution in [0.3, 0.4) is 0 Å². The minimum atomic E-state index is -0.747. The molecule has 25 heavy (non-hydrogen) atoms. The maximum absolute atomic E-state index is 13.6. The lowest BCUT2D eigenvalue weighted by Gasteiger charge is -2.04. The molecule has 3 rings (SSSR count). The number of esters is 1. The second-order valence-electron chi connectivity index (χ2n) is 4.94. The van der Waals surface area contributed by atoms with Crippen LogP contribution in [0.1, 0.15) is 16.2 Å². The molecule has 0 bridgehead atoms. The van der Waals surface area contributed by atoms with E-state index in [1.54, 1.807) is 0 Å². The molecule has 0 N–H and O–H groups in total. The van der Waals surface area contributed by atoms with Crippen molar-refractivity contribution in [2.24, 2.45) is 0 Å². The maximum atomic E-state index is 13.6. The molecule has 128 valence electrons. The van der Waals surface area contributed by atoms with Crippen LogP contribution in [0.2, 0.25) is 0 Å². The summed E-state index contributed by atoms with van der Waals surface area (Å²) in [6.07, 6.45) is 0. The van der Waals surface area contributed by atoms with Gasteiger partial charge in [-0.25, -0.2) is 13.6 Å².